The number of amides is 1. The van der Waals surface area contributed by atoms with E-state index in [0.717, 1.165) is 30.5 Å². The van der Waals surface area contributed by atoms with Crippen LogP contribution in [0.5, 0.6) is 0 Å². The Labute approximate surface area is 177 Å². The van der Waals surface area contributed by atoms with Gasteiger partial charge in [0.05, 0.1) is 11.5 Å². The van der Waals surface area contributed by atoms with Crippen LogP contribution < -0.4 is 16.0 Å². The maximum atomic E-state index is 12.1. The van der Waals surface area contributed by atoms with Crippen molar-refractivity contribution in [2.24, 2.45) is 10.9 Å². The average molecular weight is 506 g/mol. The molecule has 3 rings (SSSR count). The Bertz CT molecular complexity index is 794. The third-order valence-corrected chi connectivity index (χ3v) is 6.70. The first-order chi connectivity index (χ1) is 12.4. The summed E-state index contributed by atoms with van der Waals surface area (Å²) in [4.78, 5) is 16.2. The van der Waals surface area contributed by atoms with Crippen LogP contribution in [0.25, 0.3) is 0 Å². The Morgan fingerprint density at radius 1 is 1.26 bits per heavy atom. The molecule has 0 bridgehead atoms. The van der Waals surface area contributed by atoms with Gasteiger partial charge >= 0.3 is 0 Å². The highest BCUT2D eigenvalue weighted by molar-refractivity contribution is 14.0. The molecule has 27 heavy (non-hydrogen) atoms. The zero-order valence-corrected chi connectivity index (χ0v) is 18.5. The second-order valence-electron chi connectivity index (χ2n) is 6.99. The van der Waals surface area contributed by atoms with Gasteiger partial charge in [-0.1, -0.05) is 18.6 Å². The minimum absolute atomic E-state index is 0. The van der Waals surface area contributed by atoms with Gasteiger partial charge in [0.25, 0.3) is 0 Å². The molecule has 3 N–H and O–H groups in total. The number of nitrogens with one attached hydrogen (secondary N) is 3. The maximum Gasteiger partial charge on any atom is 0.227 e. The Kier molecular flexibility index (Phi) is 7.90. The van der Waals surface area contributed by atoms with E-state index in [1.165, 1.54) is 0 Å². The molecule has 150 valence electrons. The highest BCUT2D eigenvalue weighted by Crippen LogP contribution is 2.27. The minimum Gasteiger partial charge on any atom is -0.353 e. The van der Waals surface area contributed by atoms with Crippen LogP contribution in [0.1, 0.15) is 31.2 Å². The summed E-state index contributed by atoms with van der Waals surface area (Å²) in [5, 5.41) is 9.33. The number of carbonyl (C=O) groups is 1. The van der Waals surface area contributed by atoms with Crippen molar-refractivity contribution in [3.8, 4) is 0 Å². The first-order valence-corrected chi connectivity index (χ1v) is 10.8. The fraction of sp³-hybridized carbons (Fsp3) is 0.556. The van der Waals surface area contributed by atoms with E-state index in [4.69, 9.17) is 0 Å². The summed E-state index contributed by atoms with van der Waals surface area (Å²) < 4.78 is 23.1. The number of rotatable bonds is 5. The third kappa shape index (κ3) is 6.34. The van der Waals surface area contributed by atoms with E-state index in [2.05, 4.69) is 20.9 Å². The molecule has 1 aliphatic heterocycles. The van der Waals surface area contributed by atoms with E-state index in [1.807, 2.05) is 24.3 Å². The molecule has 9 heteroatoms. The molecule has 1 saturated carbocycles. The number of nitrogens with zero attached hydrogens (tertiary/aromatic N) is 1. The van der Waals surface area contributed by atoms with Gasteiger partial charge in [-0.05, 0) is 37.0 Å². The van der Waals surface area contributed by atoms with Crippen molar-refractivity contribution >= 4 is 51.4 Å². The van der Waals surface area contributed by atoms with E-state index in [0.29, 0.717) is 18.9 Å². The molecule has 2 fully saturated rings. The van der Waals surface area contributed by atoms with Crippen LogP contribution >= 0.6 is 24.0 Å². The van der Waals surface area contributed by atoms with Crippen LogP contribution in [0.3, 0.4) is 0 Å². The molecule has 1 aliphatic carbocycles. The summed E-state index contributed by atoms with van der Waals surface area (Å²) in [6.07, 6.45) is 3.69. The summed E-state index contributed by atoms with van der Waals surface area (Å²) in [6, 6.07) is 7.61. The molecule has 0 spiro atoms. The van der Waals surface area contributed by atoms with Crippen LogP contribution in [-0.2, 0) is 21.2 Å². The smallest absolute Gasteiger partial charge is 0.227 e. The highest BCUT2D eigenvalue weighted by Gasteiger charge is 2.28. The van der Waals surface area contributed by atoms with Crippen molar-refractivity contribution in [2.45, 2.75) is 38.3 Å². The van der Waals surface area contributed by atoms with Crippen molar-refractivity contribution in [2.75, 3.05) is 23.9 Å². The molecule has 1 atom stereocenters. The van der Waals surface area contributed by atoms with Gasteiger partial charge in [0, 0.05) is 31.2 Å². The number of carbonyl (C=O) groups excluding carboxylic acids is 1. The van der Waals surface area contributed by atoms with Gasteiger partial charge in [-0.25, -0.2) is 8.42 Å². The standard InChI is InChI=1S/C18H26N4O3S.HI/c1-19-18(22-16-8-9-26(24,25)12-16)20-11-13-4-2-7-15(10-13)21-17(23)14-5-3-6-14;/h2,4,7,10,14,16H,3,5-6,8-9,11-12H2,1H3,(H,21,23)(H2,19,20,22);1H. The van der Waals surface area contributed by atoms with Gasteiger partial charge in [-0.3, -0.25) is 9.79 Å². The van der Waals surface area contributed by atoms with Crippen LogP contribution in [0.15, 0.2) is 29.3 Å². The molecule has 1 unspecified atom stereocenters. The van der Waals surface area contributed by atoms with Crippen LogP contribution in [0.4, 0.5) is 5.69 Å². The fourth-order valence-corrected chi connectivity index (χ4v) is 4.83. The van der Waals surface area contributed by atoms with E-state index < -0.39 is 9.84 Å². The molecule has 2 aliphatic rings. The van der Waals surface area contributed by atoms with Gasteiger partial charge in [-0.2, -0.15) is 0 Å². The topological polar surface area (TPSA) is 99.7 Å². The molecule has 1 aromatic carbocycles. The quantitative estimate of drug-likeness (QED) is 0.322. The molecule has 1 saturated heterocycles. The number of benzene rings is 1. The first kappa shape index (κ1) is 21.9. The molecular formula is C18H27IN4O3S. The molecular weight excluding hydrogens is 479 g/mol. The fourth-order valence-electron chi connectivity index (χ4n) is 3.16. The van der Waals surface area contributed by atoms with Crippen molar-refractivity contribution in [1.82, 2.24) is 10.6 Å². The number of hydrogen-bond donors (Lipinski definition) is 3. The van der Waals surface area contributed by atoms with Crippen LogP contribution in [-0.4, -0.2) is 44.9 Å². The van der Waals surface area contributed by atoms with Crippen molar-refractivity contribution < 1.29 is 13.2 Å². The first-order valence-electron chi connectivity index (χ1n) is 9.02. The molecule has 0 radical (unpaired) electrons. The van der Waals surface area contributed by atoms with Crippen molar-refractivity contribution in [3.63, 3.8) is 0 Å². The summed E-state index contributed by atoms with van der Waals surface area (Å²) in [6.45, 7) is 0.534. The van der Waals surface area contributed by atoms with Gasteiger partial charge in [0.15, 0.2) is 15.8 Å². The lowest BCUT2D eigenvalue weighted by Gasteiger charge is -2.24. The number of halogens is 1. The SMILES string of the molecule is CN=C(NCc1cccc(NC(=O)C2CCC2)c1)NC1CCS(=O)(=O)C1.I. The summed E-state index contributed by atoms with van der Waals surface area (Å²) in [5.41, 5.74) is 1.81. The average Bonchev–Trinajstić information content (AvgIpc) is 2.88. The van der Waals surface area contributed by atoms with E-state index >= 15 is 0 Å². The number of hydrogen-bond acceptors (Lipinski definition) is 4. The molecule has 1 heterocycles. The van der Waals surface area contributed by atoms with Gasteiger partial charge in [0.1, 0.15) is 0 Å². The summed E-state index contributed by atoms with van der Waals surface area (Å²) in [5.74, 6) is 1.21. The zero-order chi connectivity index (χ0) is 18.6. The van der Waals surface area contributed by atoms with E-state index in [-0.39, 0.29) is 53.3 Å². The normalized spacial score (nSPS) is 21.7. The lowest BCUT2D eigenvalue weighted by Crippen LogP contribution is -2.43. The number of anilines is 1. The van der Waals surface area contributed by atoms with Gasteiger partial charge < -0.3 is 16.0 Å². The third-order valence-electron chi connectivity index (χ3n) is 4.93. The largest absolute Gasteiger partial charge is 0.353 e. The zero-order valence-electron chi connectivity index (χ0n) is 15.4. The summed E-state index contributed by atoms with van der Waals surface area (Å²) in [7, 11) is -1.26. The number of sulfone groups is 1. The Morgan fingerprint density at radius 2 is 2.04 bits per heavy atom. The van der Waals surface area contributed by atoms with Crippen LogP contribution in [0, 0.1) is 5.92 Å². The maximum absolute atomic E-state index is 12.1. The van der Waals surface area contributed by atoms with Crippen molar-refractivity contribution in [3.05, 3.63) is 29.8 Å². The lowest BCUT2D eigenvalue weighted by molar-refractivity contribution is -0.122. The van der Waals surface area contributed by atoms with E-state index in [1.54, 1.807) is 7.05 Å². The van der Waals surface area contributed by atoms with Crippen molar-refractivity contribution in [1.29, 1.82) is 0 Å². The van der Waals surface area contributed by atoms with Crippen LogP contribution in [0.2, 0.25) is 0 Å². The Morgan fingerprint density at radius 3 is 2.63 bits per heavy atom. The van der Waals surface area contributed by atoms with Gasteiger partial charge in [-0.15, -0.1) is 24.0 Å². The number of guanidine groups is 1. The highest BCUT2D eigenvalue weighted by atomic mass is 127. The molecule has 1 amide bonds. The molecule has 0 aromatic heterocycles. The molecule has 1 aromatic rings. The predicted octanol–water partition coefficient (Wildman–Crippen LogP) is 1.90. The second-order valence-corrected chi connectivity index (χ2v) is 9.22. The molecule has 7 nitrogen and oxygen atoms in total. The monoisotopic (exact) mass is 506 g/mol. The predicted molar refractivity (Wildman–Crippen MR) is 118 cm³/mol. The second kappa shape index (κ2) is 9.72. The lowest BCUT2D eigenvalue weighted by atomic mass is 9.85. The Hall–Kier alpha value is -1.36. The minimum atomic E-state index is -2.92. The summed E-state index contributed by atoms with van der Waals surface area (Å²) >= 11 is 0. The number of aliphatic imine (C=N–C) groups is 1. The Balaban J connectivity index is 0.00000261. The van der Waals surface area contributed by atoms with Gasteiger partial charge in [0.2, 0.25) is 5.91 Å². The van der Waals surface area contributed by atoms with E-state index in [9.17, 15) is 13.2 Å².